The molecule has 1 N–H and O–H groups in total. The molecule has 4 rings (SSSR count). The molecule has 150 valence electrons. The third-order valence-corrected chi connectivity index (χ3v) is 5.36. The van der Waals surface area contributed by atoms with Crippen LogP contribution < -0.4 is 5.56 Å². The number of hydrogen-bond donors (Lipinski definition) is 1. The minimum Gasteiger partial charge on any atom is -0.327 e. The number of para-hydroxylation sites is 1. The molecule has 0 atom stereocenters. The summed E-state index contributed by atoms with van der Waals surface area (Å²) in [4.78, 5) is 38.7. The van der Waals surface area contributed by atoms with Gasteiger partial charge in [-0.25, -0.2) is 9.97 Å². The lowest BCUT2D eigenvalue weighted by atomic mass is 10.2. The number of fused-ring (bicyclic) bond motifs is 1. The highest BCUT2D eigenvalue weighted by atomic mass is 32.1. The summed E-state index contributed by atoms with van der Waals surface area (Å²) in [5.41, 5.74) is 2.14. The molecule has 0 bridgehead atoms. The summed E-state index contributed by atoms with van der Waals surface area (Å²) < 4.78 is 0. The molecule has 6 nitrogen and oxygen atoms in total. The molecular formula is C23H20N4O2S. The number of H-pyrrole nitrogens is 1. The fraction of sp³-hybridized carbons (Fsp3) is 0.130. The zero-order valence-electron chi connectivity index (χ0n) is 16.4. The van der Waals surface area contributed by atoms with E-state index in [0.717, 1.165) is 16.3 Å². The van der Waals surface area contributed by atoms with Crippen LogP contribution in [0.25, 0.3) is 17.0 Å². The van der Waals surface area contributed by atoms with E-state index < -0.39 is 0 Å². The van der Waals surface area contributed by atoms with Gasteiger partial charge in [0.25, 0.3) is 5.56 Å². The minimum absolute atomic E-state index is 0.180. The zero-order chi connectivity index (χ0) is 20.9. The maximum atomic E-state index is 13.0. The van der Waals surface area contributed by atoms with E-state index in [9.17, 15) is 9.59 Å². The van der Waals surface area contributed by atoms with Crippen LogP contribution in [0.4, 0.5) is 0 Å². The normalized spacial score (nSPS) is 11.2. The number of carbonyl (C=O) groups is 1. The van der Waals surface area contributed by atoms with Crippen LogP contribution >= 0.6 is 11.3 Å². The molecule has 2 aromatic heterocycles. The van der Waals surface area contributed by atoms with Crippen molar-refractivity contribution in [2.45, 2.75) is 20.0 Å². The highest BCUT2D eigenvalue weighted by Gasteiger charge is 2.15. The number of nitrogens with zero attached hydrogens (tertiary/aromatic N) is 3. The Morgan fingerprint density at radius 3 is 2.60 bits per heavy atom. The van der Waals surface area contributed by atoms with Gasteiger partial charge in [-0.15, -0.1) is 11.3 Å². The van der Waals surface area contributed by atoms with Gasteiger partial charge in [0.15, 0.2) is 0 Å². The fourth-order valence-corrected chi connectivity index (χ4v) is 3.71. The van der Waals surface area contributed by atoms with Gasteiger partial charge in [-0.3, -0.25) is 9.59 Å². The molecule has 2 aromatic carbocycles. The Morgan fingerprint density at radius 2 is 1.83 bits per heavy atom. The van der Waals surface area contributed by atoms with Gasteiger partial charge in [0, 0.05) is 18.0 Å². The van der Waals surface area contributed by atoms with Gasteiger partial charge in [0.2, 0.25) is 5.91 Å². The first kappa shape index (κ1) is 19.7. The Kier molecular flexibility index (Phi) is 5.81. The van der Waals surface area contributed by atoms with E-state index in [2.05, 4.69) is 15.0 Å². The van der Waals surface area contributed by atoms with Crippen molar-refractivity contribution >= 4 is 34.2 Å². The third kappa shape index (κ3) is 4.69. The molecule has 1 amide bonds. The van der Waals surface area contributed by atoms with E-state index in [1.807, 2.05) is 48.7 Å². The van der Waals surface area contributed by atoms with Gasteiger partial charge < -0.3 is 9.88 Å². The highest BCUT2D eigenvalue weighted by Crippen LogP contribution is 2.13. The van der Waals surface area contributed by atoms with E-state index in [0.29, 0.717) is 23.3 Å². The van der Waals surface area contributed by atoms with Crippen molar-refractivity contribution in [2.75, 3.05) is 0 Å². The molecule has 0 saturated heterocycles. The second-order valence-corrected chi connectivity index (χ2v) is 7.90. The highest BCUT2D eigenvalue weighted by molar-refractivity contribution is 7.09. The van der Waals surface area contributed by atoms with Crippen LogP contribution in [0.5, 0.6) is 0 Å². The molecule has 0 aliphatic rings. The lowest BCUT2D eigenvalue weighted by Gasteiger charge is -2.21. The van der Waals surface area contributed by atoms with E-state index in [4.69, 9.17) is 0 Å². The van der Waals surface area contributed by atoms with Crippen molar-refractivity contribution in [3.8, 4) is 0 Å². The molecule has 7 heteroatoms. The van der Waals surface area contributed by atoms with Gasteiger partial charge in [0.1, 0.15) is 5.82 Å². The SMILES string of the molecule is Cc1nc(/C=C/C(=O)N(Cc2ccccc2)Cc2nc3ccccc3c(=O)[nH]2)cs1. The van der Waals surface area contributed by atoms with Gasteiger partial charge in [-0.2, -0.15) is 0 Å². The summed E-state index contributed by atoms with van der Waals surface area (Å²) in [5.74, 6) is 0.265. The number of benzene rings is 2. The maximum absolute atomic E-state index is 13.0. The Bertz CT molecular complexity index is 1260. The van der Waals surface area contributed by atoms with Crippen molar-refractivity contribution < 1.29 is 4.79 Å². The third-order valence-electron chi connectivity index (χ3n) is 4.56. The quantitative estimate of drug-likeness (QED) is 0.483. The number of thiazole rings is 1. The zero-order valence-corrected chi connectivity index (χ0v) is 17.2. The summed E-state index contributed by atoms with van der Waals surface area (Å²) in [6.07, 6.45) is 3.22. The van der Waals surface area contributed by atoms with Crippen LogP contribution in [0.2, 0.25) is 0 Å². The predicted octanol–water partition coefficient (Wildman–Crippen LogP) is 3.93. The first-order chi connectivity index (χ1) is 14.6. The maximum Gasteiger partial charge on any atom is 0.258 e. The fourth-order valence-electron chi connectivity index (χ4n) is 3.12. The lowest BCUT2D eigenvalue weighted by Crippen LogP contribution is -2.30. The van der Waals surface area contributed by atoms with Gasteiger partial charge in [-0.05, 0) is 30.7 Å². The Labute approximate surface area is 177 Å². The predicted molar refractivity (Wildman–Crippen MR) is 119 cm³/mol. The average Bonchev–Trinajstić information content (AvgIpc) is 3.17. The summed E-state index contributed by atoms with van der Waals surface area (Å²) >= 11 is 1.54. The second kappa shape index (κ2) is 8.84. The molecule has 0 unspecified atom stereocenters. The Hall–Kier alpha value is -3.58. The summed E-state index contributed by atoms with van der Waals surface area (Å²) in [7, 11) is 0. The first-order valence-electron chi connectivity index (χ1n) is 9.49. The average molecular weight is 417 g/mol. The van der Waals surface area contributed by atoms with Crippen LogP contribution in [-0.4, -0.2) is 25.8 Å². The first-order valence-corrected chi connectivity index (χ1v) is 10.4. The molecular weight excluding hydrogens is 396 g/mol. The number of aromatic amines is 1. The number of nitrogens with one attached hydrogen (secondary N) is 1. The molecule has 0 aliphatic heterocycles. The van der Waals surface area contributed by atoms with E-state index in [1.165, 1.54) is 17.4 Å². The topological polar surface area (TPSA) is 79.0 Å². The molecule has 0 radical (unpaired) electrons. The van der Waals surface area contributed by atoms with Crippen molar-refractivity contribution in [3.63, 3.8) is 0 Å². The van der Waals surface area contributed by atoms with Crippen molar-refractivity contribution in [2.24, 2.45) is 0 Å². The number of carbonyl (C=O) groups excluding carboxylic acids is 1. The molecule has 0 fully saturated rings. The monoisotopic (exact) mass is 416 g/mol. The van der Waals surface area contributed by atoms with Crippen molar-refractivity contribution in [1.82, 2.24) is 19.9 Å². The smallest absolute Gasteiger partial charge is 0.258 e. The Balaban J connectivity index is 1.62. The van der Waals surface area contributed by atoms with Crippen LogP contribution in [0.1, 0.15) is 22.1 Å². The minimum atomic E-state index is -0.212. The second-order valence-electron chi connectivity index (χ2n) is 6.83. The van der Waals surface area contributed by atoms with Gasteiger partial charge >= 0.3 is 0 Å². The number of hydrogen-bond acceptors (Lipinski definition) is 5. The molecule has 0 saturated carbocycles. The van der Waals surface area contributed by atoms with Crippen LogP contribution in [0, 0.1) is 6.92 Å². The molecule has 4 aromatic rings. The van der Waals surface area contributed by atoms with Gasteiger partial charge in [-0.1, -0.05) is 42.5 Å². The number of aryl methyl sites for hydroxylation is 1. The summed E-state index contributed by atoms with van der Waals surface area (Å²) in [6.45, 7) is 2.51. The van der Waals surface area contributed by atoms with E-state index >= 15 is 0 Å². The van der Waals surface area contributed by atoms with E-state index in [1.54, 1.807) is 29.2 Å². The summed E-state index contributed by atoms with van der Waals surface area (Å²) in [5, 5.41) is 3.38. The molecule has 30 heavy (non-hydrogen) atoms. The Morgan fingerprint density at radius 1 is 1.07 bits per heavy atom. The number of amides is 1. The molecule has 0 aliphatic carbocycles. The van der Waals surface area contributed by atoms with Gasteiger partial charge in [0.05, 0.1) is 28.1 Å². The van der Waals surface area contributed by atoms with Crippen LogP contribution in [0.3, 0.4) is 0 Å². The molecule has 0 spiro atoms. The number of aromatic nitrogens is 3. The van der Waals surface area contributed by atoms with Crippen molar-refractivity contribution in [3.05, 3.63) is 98.5 Å². The van der Waals surface area contributed by atoms with Crippen molar-refractivity contribution in [1.29, 1.82) is 0 Å². The summed E-state index contributed by atoms with van der Waals surface area (Å²) in [6, 6.07) is 16.9. The molecule has 2 heterocycles. The van der Waals surface area contributed by atoms with Crippen LogP contribution in [0.15, 0.2) is 70.8 Å². The number of rotatable bonds is 6. The largest absolute Gasteiger partial charge is 0.327 e. The van der Waals surface area contributed by atoms with E-state index in [-0.39, 0.29) is 18.0 Å². The standard InChI is InChI=1S/C23H20N4O2S/c1-16-24-18(15-30-16)11-12-22(28)27(13-17-7-3-2-4-8-17)14-21-25-20-10-6-5-9-19(20)23(29)26-21/h2-12,15H,13-14H2,1H3,(H,25,26,29)/b12-11+. The lowest BCUT2D eigenvalue weighted by molar-refractivity contribution is -0.127. The van der Waals surface area contributed by atoms with Crippen LogP contribution in [-0.2, 0) is 17.9 Å².